The Bertz CT molecular complexity index is 815. The lowest BCUT2D eigenvalue weighted by atomic mass is 10.1. The molecule has 33 heavy (non-hydrogen) atoms. The van der Waals surface area contributed by atoms with E-state index in [4.69, 9.17) is 22.3 Å². The number of rotatable bonds is 15. The molecule has 0 aliphatic rings. The number of carboxylic acids is 1. The second-order valence-corrected chi connectivity index (χ2v) is 7.53. The lowest BCUT2D eigenvalue weighted by Crippen LogP contribution is -2.57. The van der Waals surface area contributed by atoms with E-state index in [1.54, 1.807) is 0 Å². The second-order valence-electron chi connectivity index (χ2n) is 7.53. The Hall–Kier alpha value is -3.52. The van der Waals surface area contributed by atoms with E-state index in [9.17, 15) is 24.0 Å². The normalized spacial score (nSPS) is 14.4. The fourth-order valence-corrected chi connectivity index (χ4v) is 2.82. The molecule has 0 bridgehead atoms. The lowest BCUT2D eigenvalue weighted by molar-refractivity contribution is -0.142. The highest BCUT2D eigenvalue weighted by atomic mass is 16.4. The molecule has 0 aliphatic heterocycles. The highest BCUT2D eigenvalue weighted by molar-refractivity contribution is 5.96. The molecule has 1 aromatic heterocycles. The van der Waals surface area contributed by atoms with Crippen molar-refractivity contribution in [2.45, 2.75) is 63.2 Å². The van der Waals surface area contributed by atoms with Crippen molar-refractivity contribution >= 4 is 29.6 Å². The van der Waals surface area contributed by atoms with Crippen LogP contribution in [0.5, 0.6) is 0 Å². The number of nitrogens with two attached hydrogens (primary N) is 3. The first kappa shape index (κ1) is 27.5. The number of hydrogen-bond acceptors (Lipinski definition) is 8. The summed E-state index contributed by atoms with van der Waals surface area (Å²) in [5, 5.41) is 16.0. The summed E-state index contributed by atoms with van der Waals surface area (Å²) >= 11 is 0. The van der Waals surface area contributed by atoms with Gasteiger partial charge in [-0.05, 0) is 32.7 Å². The number of aromatic nitrogens is 2. The van der Waals surface area contributed by atoms with Gasteiger partial charge in [0.15, 0.2) is 0 Å². The maximum atomic E-state index is 12.9. The summed E-state index contributed by atoms with van der Waals surface area (Å²) in [6, 6.07) is -4.73. The number of nitrogens with zero attached hydrogens (tertiary/aromatic N) is 1. The third kappa shape index (κ3) is 10.1. The second kappa shape index (κ2) is 13.8. The molecule has 0 fully saturated rings. The van der Waals surface area contributed by atoms with E-state index in [1.165, 1.54) is 19.4 Å². The molecule has 1 aromatic rings. The number of aliphatic carboxylic acids is 1. The van der Waals surface area contributed by atoms with Gasteiger partial charge < -0.3 is 43.2 Å². The molecule has 4 atom stereocenters. The van der Waals surface area contributed by atoms with Crippen LogP contribution >= 0.6 is 0 Å². The number of primary amides is 1. The van der Waals surface area contributed by atoms with Crippen molar-refractivity contribution in [3.63, 3.8) is 0 Å². The van der Waals surface area contributed by atoms with Gasteiger partial charge in [0.1, 0.15) is 18.1 Å². The summed E-state index contributed by atoms with van der Waals surface area (Å²) in [5.41, 5.74) is 17.2. The quantitative estimate of drug-likeness (QED) is 0.121. The molecule has 1 rings (SSSR count). The smallest absolute Gasteiger partial charge is 0.325 e. The number of imidazole rings is 1. The van der Waals surface area contributed by atoms with Crippen molar-refractivity contribution in [2.75, 3.05) is 6.54 Å². The first-order valence-corrected chi connectivity index (χ1v) is 10.4. The van der Waals surface area contributed by atoms with Crippen LogP contribution in [-0.4, -0.2) is 75.4 Å². The van der Waals surface area contributed by atoms with Crippen LogP contribution in [0.3, 0.4) is 0 Å². The van der Waals surface area contributed by atoms with E-state index < -0.39 is 60.2 Å². The van der Waals surface area contributed by atoms with E-state index in [2.05, 4.69) is 25.9 Å². The first-order chi connectivity index (χ1) is 15.5. The van der Waals surface area contributed by atoms with E-state index in [-0.39, 0.29) is 12.8 Å². The molecule has 0 saturated heterocycles. The highest BCUT2D eigenvalue weighted by Gasteiger charge is 2.30. The van der Waals surface area contributed by atoms with Gasteiger partial charge in [0, 0.05) is 18.3 Å². The van der Waals surface area contributed by atoms with Crippen molar-refractivity contribution in [2.24, 2.45) is 17.2 Å². The standard InChI is InChI=1S/C19H32N8O6/c1-10(19(32)33)25-18(31)14(7-15(22)28)27-17(30)13(4-2-3-5-20)26-16(29)12(21)6-11-8-23-9-24-11/h8-10,12-14H,2-7,20-21H2,1H3,(H2,22,28)(H,23,24)(H,25,31)(H,26,29)(H,27,30)(H,32,33). The van der Waals surface area contributed by atoms with Crippen molar-refractivity contribution in [3.05, 3.63) is 18.2 Å². The Labute approximate surface area is 190 Å². The van der Waals surface area contributed by atoms with Crippen LogP contribution in [0.4, 0.5) is 0 Å². The van der Waals surface area contributed by atoms with E-state index >= 15 is 0 Å². The van der Waals surface area contributed by atoms with Crippen LogP contribution in [0.2, 0.25) is 0 Å². The fourth-order valence-electron chi connectivity index (χ4n) is 2.82. The Balaban J connectivity index is 2.89. The summed E-state index contributed by atoms with van der Waals surface area (Å²) in [6.07, 6.45) is 3.83. The molecule has 14 heteroatoms. The molecule has 1 heterocycles. The molecule has 14 nitrogen and oxygen atoms in total. The van der Waals surface area contributed by atoms with Crippen LogP contribution in [0.1, 0.15) is 38.3 Å². The van der Waals surface area contributed by atoms with Crippen LogP contribution in [0, 0.1) is 0 Å². The van der Waals surface area contributed by atoms with Crippen LogP contribution in [-0.2, 0) is 30.4 Å². The topological polar surface area (TPSA) is 248 Å². The van der Waals surface area contributed by atoms with Gasteiger partial charge in [0.05, 0.1) is 18.8 Å². The SMILES string of the molecule is CC(NC(=O)C(CC(N)=O)NC(=O)C(CCCCN)NC(=O)C(N)Cc1cnc[nH]1)C(=O)O. The zero-order valence-electron chi connectivity index (χ0n) is 18.4. The average molecular weight is 469 g/mol. The number of carboxylic acid groups (broad SMARTS) is 1. The van der Waals surface area contributed by atoms with E-state index in [1.807, 2.05) is 0 Å². The number of nitrogens with one attached hydrogen (secondary N) is 4. The summed E-state index contributed by atoms with van der Waals surface area (Å²) < 4.78 is 0. The van der Waals surface area contributed by atoms with Gasteiger partial charge >= 0.3 is 5.97 Å². The zero-order chi connectivity index (χ0) is 25.0. The fraction of sp³-hybridized carbons (Fsp3) is 0.579. The molecule has 184 valence electrons. The predicted octanol–water partition coefficient (Wildman–Crippen LogP) is -3.16. The molecular formula is C19H32N8O6. The van der Waals surface area contributed by atoms with Crippen molar-refractivity contribution in [3.8, 4) is 0 Å². The van der Waals surface area contributed by atoms with Gasteiger partial charge in [-0.15, -0.1) is 0 Å². The van der Waals surface area contributed by atoms with Gasteiger partial charge in [-0.2, -0.15) is 0 Å². The third-order valence-corrected chi connectivity index (χ3v) is 4.68. The molecule has 0 aliphatic carbocycles. The molecule has 11 N–H and O–H groups in total. The van der Waals surface area contributed by atoms with Crippen molar-refractivity contribution in [1.82, 2.24) is 25.9 Å². The highest BCUT2D eigenvalue weighted by Crippen LogP contribution is 2.05. The minimum atomic E-state index is -1.43. The largest absolute Gasteiger partial charge is 0.480 e. The van der Waals surface area contributed by atoms with Crippen LogP contribution < -0.4 is 33.2 Å². The number of carbonyl (C=O) groups excluding carboxylic acids is 4. The molecule has 4 unspecified atom stereocenters. The molecule has 0 radical (unpaired) electrons. The molecule has 4 amide bonds. The van der Waals surface area contributed by atoms with Gasteiger partial charge in [-0.3, -0.25) is 24.0 Å². The number of carbonyl (C=O) groups is 5. The Morgan fingerprint density at radius 3 is 2.24 bits per heavy atom. The van der Waals surface area contributed by atoms with Gasteiger partial charge in [0.25, 0.3) is 0 Å². The number of H-pyrrole nitrogens is 1. The lowest BCUT2D eigenvalue weighted by Gasteiger charge is -2.24. The maximum Gasteiger partial charge on any atom is 0.325 e. The minimum absolute atomic E-state index is 0.156. The van der Waals surface area contributed by atoms with E-state index in [0.717, 1.165) is 0 Å². The van der Waals surface area contributed by atoms with Gasteiger partial charge in [-0.25, -0.2) is 4.98 Å². The number of hydrogen-bond donors (Lipinski definition) is 8. The van der Waals surface area contributed by atoms with Crippen LogP contribution in [0.15, 0.2) is 12.5 Å². The summed E-state index contributed by atoms with van der Waals surface area (Å²) in [6.45, 7) is 1.60. The Morgan fingerprint density at radius 2 is 1.70 bits per heavy atom. The Morgan fingerprint density at radius 1 is 1.06 bits per heavy atom. The molecule has 0 aromatic carbocycles. The first-order valence-electron chi connectivity index (χ1n) is 10.4. The predicted molar refractivity (Wildman–Crippen MR) is 116 cm³/mol. The van der Waals surface area contributed by atoms with Crippen molar-refractivity contribution < 1.29 is 29.1 Å². The number of unbranched alkanes of at least 4 members (excludes halogenated alkanes) is 1. The minimum Gasteiger partial charge on any atom is -0.480 e. The average Bonchev–Trinajstić information content (AvgIpc) is 3.24. The summed E-state index contributed by atoms with van der Waals surface area (Å²) in [4.78, 5) is 66.8. The summed E-state index contributed by atoms with van der Waals surface area (Å²) in [7, 11) is 0. The van der Waals surface area contributed by atoms with Gasteiger partial charge in [0.2, 0.25) is 23.6 Å². The Kier molecular flexibility index (Phi) is 11.5. The van der Waals surface area contributed by atoms with E-state index in [0.29, 0.717) is 25.1 Å². The summed E-state index contributed by atoms with van der Waals surface area (Å²) in [5.74, 6) is -4.44. The number of aromatic amines is 1. The molecular weight excluding hydrogens is 436 g/mol. The molecule has 0 spiro atoms. The van der Waals surface area contributed by atoms with Gasteiger partial charge in [-0.1, -0.05) is 0 Å². The zero-order valence-corrected chi connectivity index (χ0v) is 18.4. The molecule has 0 saturated carbocycles. The third-order valence-electron chi connectivity index (χ3n) is 4.68. The monoisotopic (exact) mass is 468 g/mol. The van der Waals surface area contributed by atoms with Crippen LogP contribution in [0.25, 0.3) is 0 Å². The number of amides is 4. The van der Waals surface area contributed by atoms with Crippen molar-refractivity contribution in [1.29, 1.82) is 0 Å². The maximum absolute atomic E-state index is 12.9.